The molecule has 0 N–H and O–H groups in total. The molecule has 0 saturated heterocycles. The van der Waals surface area contributed by atoms with Crippen molar-refractivity contribution in [1.29, 1.82) is 0 Å². The van der Waals surface area contributed by atoms with Gasteiger partial charge in [-0.05, 0) is 42.3 Å². The summed E-state index contributed by atoms with van der Waals surface area (Å²) in [4.78, 5) is 1.29. The summed E-state index contributed by atoms with van der Waals surface area (Å²) in [5.41, 5.74) is 2.55. The first-order valence-corrected chi connectivity index (χ1v) is 5.46. The maximum Gasteiger partial charge on any atom is 0.0837 e. The van der Waals surface area contributed by atoms with Crippen molar-refractivity contribution in [2.24, 2.45) is 11.8 Å². The van der Waals surface area contributed by atoms with Gasteiger partial charge in [0, 0.05) is 0 Å². The molecule has 1 heterocycles. The van der Waals surface area contributed by atoms with Gasteiger partial charge in [-0.2, -0.15) is 0 Å². The van der Waals surface area contributed by atoms with Crippen molar-refractivity contribution in [3.63, 3.8) is 0 Å². The van der Waals surface area contributed by atoms with Gasteiger partial charge in [-0.25, -0.2) is 0 Å². The summed E-state index contributed by atoms with van der Waals surface area (Å²) in [6.07, 6.45) is 3.44. The molecule has 70 valence electrons. The lowest BCUT2D eigenvalue weighted by atomic mass is 9.85. The third kappa shape index (κ3) is 1.53. The van der Waals surface area contributed by atoms with Gasteiger partial charge in [0.15, 0.2) is 0 Å². The van der Waals surface area contributed by atoms with E-state index >= 15 is 0 Å². The Kier molecular flexibility index (Phi) is 2.20. The summed E-state index contributed by atoms with van der Waals surface area (Å²) in [6.45, 7) is 6.69. The molecular weight excluding hydrogens is 180 g/mol. The third-order valence-corrected chi connectivity index (χ3v) is 3.57. The second-order valence-electron chi connectivity index (χ2n) is 4.01. The molecule has 2 rings (SSSR count). The van der Waals surface area contributed by atoms with E-state index in [0.717, 1.165) is 6.42 Å². The van der Waals surface area contributed by atoms with Crippen LogP contribution in [0.4, 0.5) is 0 Å². The molecule has 1 aliphatic rings. The molecule has 1 aromatic rings. The number of hydrogen-bond donors (Lipinski definition) is 0. The van der Waals surface area contributed by atoms with Crippen LogP contribution in [-0.4, -0.2) is 9.59 Å². The normalized spacial score (nSPS) is 21.5. The van der Waals surface area contributed by atoms with E-state index in [9.17, 15) is 0 Å². The molecule has 1 unspecified atom stereocenters. The van der Waals surface area contributed by atoms with Gasteiger partial charge in [-0.3, -0.25) is 0 Å². The average Bonchev–Trinajstić information content (AvgIpc) is 2.51. The zero-order chi connectivity index (χ0) is 9.42. The summed E-state index contributed by atoms with van der Waals surface area (Å²) < 4.78 is 4.00. The Hall–Kier alpha value is -0.700. The first kappa shape index (κ1) is 8.88. The highest BCUT2D eigenvalue weighted by molar-refractivity contribution is 7.06. The van der Waals surface area contributed by atoms with Gasteiger partial charge in [0.2, 0.25) is 0 Å². The van der Waals surface area contributed by atoms with Crippen LogP contribution < -0.4 is 0 Å². The van der Waals surface area contributed by atoms with Gasteiger partial charge in [-0.1, -0.05) is 24.4 Å². The van der Waals surface area contributed by atoms with E-state index in [1.165, 1.54) is 27.7 Å². The van der Waals surface area contributed by atoms with E-state index < -0.39 is 0 Å². The van der Waals surface area contributed by atoms with Crippen LogP contribution in [0.3, 0.4) is 0 Å². The summed E-state index contributed by atoms with van der Waals surface area (Å²) in [5, 5.41) is 4.17. The Morgan fingerprint density at radius 3 is 3.00 bits per heavy atom. The van der Waals surface area contributed by atoms with Gasteiger partial charge in [-0.15, -0.1) is 5.10 Å². The van der Waals surface area contributed by atoms with Crippen LogP contribution in [0.2, 0.25) is 0 Å². The van der Waals surface area contributed by atoms with E-state index in [2.05, 4.69) is 36.4 Å². The van der Waals surface area contributed by atoms with Crippen LogP contribution in [0.5, 0.6) is 0 Å². The zero-order valence-electron chi connectivity index (χ0n) is 8.24. The predicted octanol–water partition coefficient (Wildman–Crippen LogP) is 2.77. The second kappa shape index (κ2) is 3.22. The maximum atomic E-state index is 4.17. The number of hydrogen-bond acceptors (Lipinski definition) is 3. The lowest BCUT2D eigenvalue weighted by molar-refractivity contribution is 0.455. The van der Waals surface area contributed by atoms with Crippen LogP contribution in [0.1, 0.15) is 31.3 Å². The molecule has 2 nitrogen and oxygen atoms in total. The predicted molar refractivity (Wildman–Crippen MR) is 55.6 cm³/mol. The van der Waals surface area contributed by atoms with Crippen LogP contribution in [0.25, 0.3) is 5.57 Å². The van der Waals surface area contributed by atoms with Gasteiger partial charge in [0.25, 0.3) is 0 Å². The summed E-state index contributed by atoms with van der Waals surface area (Å²) in [5.74, 6) is 1.35. The molecule has 0 aliphatic heterocycles. The van der Waals surface area contributed by atoms with Crippen molar-refractivity contribution in [3.8, 4) is 0 Å². The highest BCUT2D eigenvalue weighted by Crippen LogP contribution is 2.32. The van der Waals surface area contributed by atoms with Crippen molar-refractivity contribution in [1.82, 2.24) is 9.59 Å². The van der Waals surface area contributed by atoms with Crippen molar-refractivity contribution in [3.05, 3.63) is 16.6 Å². The average molecular weight is 194 g/mol. The molecule has 0 spiro atoms. The fourth-order valence-corrected chi connectivity index (χ4v) is 2.41. The molecule has 0 amide bonds. The quantitative estimate of drug-likeness (QED) is 0.687. The maximum absolute atomic E-state index is 4.17. The molecule has 0 aromatic carbocycles. The minimum atomic E-state index is 0.649. The fraction of sp³-hybridized carbons (Fsp3) is 0.600. The van der Waals surface area contributed by atoms with Crippen molar-refractivity contribution in [2.75, 3.05) is 0 Å². The van der Waals surface area contributed by atoms with Crippen LogP contribution in [0, 0.1) is 11.8 Å². The van der Waals surface area contributed by atoms with Gasteiger partial charge >= 0.3 is 0 Å². The van der Waals surface area contributed by atoms with Crippen LogP contribution >= 0.6 is 11.5 Å². The SMILES string of the molecule is CC1=CC(C(C)C)Cc2nnsc21. The highest BCUT2D eigenvalue weighted by Gasteiger charge is 2.22. The molecule has 1 aliphatic carbocycles. The summed E-state index contributed by atoms with van der Waals surface area (Å²) >= 11 is 1.52. The topological polar surface area (TPSA) is 25.8 Å². The standard InChI is InChI=1S/C10H14N2S/c1-6(2)8-4-7(3)10-9(5-8)11-12-13-10/h4,6,8H,5H2,1-3H3. The van der Waals surface area contributed by atoms with Crippen LogP contribution in [0.15, 0.2) is 6.08 Å². The van der Waals surface area contributed by atoms with E-state index in [0.29, 0.717) is 11.8 Å². The number of nitrogens with zero attached hydrogens (tertiary/aromatic N) is 2. The molecular formula is C10H14N2S. The molecule has 1 aromatic heterocycles. The Morgan fingerprint density at radius 2 is 2.31 bits per heavy atom. The molecule has 1 atom stereocenters. The van der Waals surface area contributed by atoms with E-state index in [1.807, 2.05) is 0 Å². The Labute approximate surface area is 82.8 Å². The first-order chi connectivity index (χ1) is 6.18. The Bertz CT molecular complexity index is 338. The van der Waals surface area contributed by atoms with Gasteiger partial charge in [0.05, 0.1) is 10.6 Å². The molecule has 13 heavy (non-hydrogen) atoms. The highest BCUT2D eigenvalue weighted by atomic mass is 32.1. The Morgan fingerprint density at radius 1 is 1.54 bits per heavy atom. The largest absolute Gasteiger partial charge is 0.142 e. The lowest BCUT2D eigenvalue weighted by Gasteiger charge is -2.21. The van der Waals surface area contributed by atoms with Gasteiger partial charge < -0.3 is 0 Å². The number of fused-ring (bicyclic) bond motifs is 1. The summed E-state index contributed by atoms with van der Waals surface area (Å²) in [7, 11) is 0. The fourth-order valence-electron chi connectivity index (χ4n) is 1.75. The minimum absolute atomic E-state index is 0.649. The third-order valence-electron chi connectivity index (χ3n) is 2.66. The second-order valence-corrected chi connectivity index (χ2v) is 4.76. The number of aromatic nitrogens is 2. The molecule has 3 heteroatoms. The summed E-state index contributed by atoms with van der Waals surface area (Å²) in [6, 6.07) is 0. The van der Waals surface area contributed by atoms with E-state index in [4.69, 9.17) is 0 Å². The van der Waals surface area contributed by atoms with E-state index in [1.54, 1.807) is 0 Å². The first-order valence-electron chi connectivity index (χ1n) is 4.68. The lowest BCUT2D eigenvalue weighted by Crippen LogP contribution is -2.14. The molecule has 0 fully saturated rings. The van der Waals surface area contributed by atoms with E-state index in [-0.39, 0.29) is 0 Å². The minimum Gasteiger partial charge on any atom is -0.142 e. The number of rotatable bonds is 1. The van der Waals surface area contributed by atoms with Crippen molar-refractivity contribution in [2.45, 2.75) is 27.2 Å². The van der Waals surface area contributed by atoms with Crippen molar-refractivity contribution < 1.29 is 0 Å². The molecule has 0 bridgehead atoms. The van der Waals surface area contributed by atoms with Crippen molar-refractivity contribution >= 4 is 17.1 Å². The van der Waals surface area contributed by atoms with Crippen LogP contribution in [-0.2, 0) is 6.42 Å². The van der Waals surface area contributed by atoms with Gasteiger partial charge in [0.1, 0.15) is 0 Å². The monoisotopic (exact) mass is 194 g/mol. The number of allylic oxidation sites excluding steroid dienone is 2. The zero-order valence-corrected chi connectivity index (χ0v) is 9.06. The Balaban J connectivity index is 2.35. The molecule has 0 saturated carbocycles. The molecule has 0 radical (unpaired) electrons. The smallest absolute Gasteiger partial charge is 0.0837 e.